The zero-order chi connectivity index (χ0) is 21.1. The van der Waals surface area contributed by atoms with Gasteiger partial charge in [0.2, 0.25) is 5.91 Å². The number of fused-ring (bicyclic) bond motifs is 1. The molecular formula is C21H18N4O4S. The molecule has 9 heteroatoms. The molecule has 0 aliphatic rings. The molecule has 4 rings (SSSR count). The molecule has 0 unspecified atom stereocenters. The van der Waals surface area contributed by atoms with Gasteiger partial charge in [-0.1, -0.05) is 11.3 Å². The number of hydrogen-bond acceptors (Lipinski definition) is 7. The van der Waals surface area contributed by atoms with Crippen molar-refractivity contribution >= 4 is 32.6 Å². The molecule has 0 bridgehead atoms. The van der Waals surface area contributed by atoms with E-state index in [1.807, 2.05) is 30.3 Å². The summed E-state index contributed by atoms with van der Waals surface area (Å²) in [6.07, 6.45) is 0. The number of rotatable bonds is 6. The highest BCUT2D eigenvalue weighted by molar-refractivity contribution is 7.22. The molecule has 2 heterocycles. The van der Waals surface area contributed by atoms with Gasteiger partial charge in [0, 0.05) is 11.6 Å². The largest absolute Gasteiger partial charge is 0.497 e. The zero-order valence-corrected chi connectivity index (χ0v) is 17.1. The molecule has 152 valence electrons. The molecule has 1 amide bonds. The number of benzene rings is 2. The van der Waals surface area contributed by atoms with Crippen LogP contribution in [0.15, 0.2) is 59.4 Å². The Kier molecular flexibility index (Phi) is 5.44. The van der Waals surface area contributed by atoms with E-state index >= 15 is 0 Å². The van der Waals surface area contributed by atoms with Crippen LogP contribution in [-0.2, 0) is 11.3 Å². The highest BCUT2D eigenvalue weighted by Gasteiger charge is 2.12. The topological polar surface area (TPSA) is 95.3 Å². The molecule has 2 aromatic carbocycles. The lowest BCUT2D eigenvalue weighted by atomic mass is 10.1. The van der Waals surface area contributed by atoms with Crippen molar-refractivity contribution in [2.45, 2.75) is 6.54 Å². The van der Waals surface area contributed by atoms with Crippen LogP contribution >= 0.6 is 11.3 Å². The number of carbonyl (C=O) groups excluding carboxylic acids is 1. The van der Waals surface area contributed by atoms with Crippen molar-refractivity contribution in [2.24, 2.45) is 0 Å². The van der Waals surface area contributed by atoms with Gasteiger partial charge < -0.3 is 14.8 Å². The van der Waals surface area contributed by atoms with Crippen LogP contribution in [-0.4, -0.2) is 34.9 Å². The number of ether oxygens (including phenoxy) is 2. The van der Waals surface area contributed by atoms with Gasteiger partial charge >= 0.3 is 0 Å². The summed E-state index contributed by atoms with van der Waals surface area (Å²) < 4.78 is 12.4. The van der Waals surface area contributed by atoms with E-state index in [-0.39, 0.29) is 18.0 Å². The summed E-state index contributed by atoms with van der Waals surface area (Å²) in [5, 5.41) is 7.49. The van der Waals surface area contributed by atoms with Crippen LogP contribution in [0.5, 0.6) is 11.5 Å². The summed E-state index contributed by atoms with van der Waals surface area (Å²) in [5.41, 5.74) is 1.78. The minimum atomic E-state index is -0.387. The van der Waals surface area contributed by atoms with Gasteiger partial charge in [0.15, 0.2) is 5.13 Å². The smallest absolute Gasteiger partial charge is 0.267 e. The third-order valence-corrected chi connectivity index (χ3v) is 5.32. The Morgan fingerprint density at radius 1 is 1.03 bits per heavy atom. The Morgan fingerprint density at radius 3 is 2.50 bits per heavy atom. The number of carbonyl (C=O) groups is 1. The molecule has 0 radical (unpaired) electrons. The monoisotopic (exact) mass is 422 g/mol. The minimum absolute atomic E-state index is 0.220. The first kappa shape index (κ1) is 19.6. The molecule has 0 saturated carbocycles. The molecule has 8 nitrogen and oxygen atoms in total. The second-order valence-electron chi connectivity index (χ2n) is 6.34. The Balaban J connectivity index is 1.52. The van der Waals surface area contributed by atoms with Crippen LogP contribution in [0.3, 0.4) is 0 Å². The maximum atomic E-state index is 12.5. The van der Waals surface area contributed by atoms with E-state index in [2.05, 4.69) is 15.4 Å². The fraction of sp³-hybridized carbons (Fsp3) is 0.143. The average molecular weight is 422 g/mol. The van der Waals surface area contributed by atoms with Crippen molar-refractivity contribution in [2.75, 3.05) is 19.5 Å². The van der Waals surface area contributed by atoms with Gasteiger partial charge in [-0.15, -0.1) is 0 Å². The lowest BCUT2D eigenvalue weighted by molar-refractivity contribution is -0.117. The molecule has 0 atom stereocenters. The van der Waals surface area contributed by atoms with E-state index in [1.165, 1.54) is 17.4 Å². The highest BCUT2D eigenvalue weighted by atomic mass is 32.1. The SMILES string of the molecule is COc1ccc(-c2ccc(=O)n(CC(=O)Nc3nc4ccc(OC)cc4s3)n2)cc1. The predicted molar refractivity (Wildman–Crippen MR) is 115 cm³/mol. The fourth-order valence-electron chi connectivity index (χ4n) is 2.86. The summed E-state index contributed by atoms with van der Waals surface area (Å²) >= 11 is 1.33. The number of nitrogens with zero attached hydrogens (tertiary/aromatic N) is 3. The first-order chi connectivity index (χ1) is 14.6. The van der Waals surface area contributed by atoms with E-state index in [1.54, 1.807) is 32.4 Å². The van der Waals surface area contributed by atoms with Crippen molar-refractivity contribution in [1.29, 1.82) is 0 Å². The van der Waals surface area contributed by atoms with E-state index in [0.29, 0.717) is 10.8 Å². The average Bonchev–Trinajstić information content (AvgIpc) is 3.16. The molecule has 0 aliphatic heterocycles. The minimum Gasteiger partial charge on any atom is -0.497 e. The predicted octanol–water partition coefficient (Wildman–Crippen LogP) is 3.18. The number of amides is 1. The third kappa shape index (κ3) is 4.15. The summed E-state index contributed by atoms with van der Waals surface area (Å²) in [5.74, 6) is 1.05. The van der Waals surface area contributed by atoms with Crippen molar-refractivity contribution < 1.29 is 14.3 Å². The van der Waals surface area contributed by atoms with Crippen molar-refractivity contribution in [1.82, 2.24) is 14.8 Å². The lowest BCUT2D eigenvalue weighted by Crippen LogP contribution is -2.29. The van der Waals surface area contributed by atoms with Crippen LogP contribution < -0.4 is 20.3 Å². The van der Waals surface area contributed by atoms with Gasteiger partial charge in [0.25, 0.3) is 5.56 Å². The molecule has 0 fully saturated rings. The van der Waals surface area contributed by atoms with E-state index < -0.39 is 0 Å². The summed E-state index contributed by atoms with van der Waals surface area (Å²) in [7, 11) is 3.18. The maximum Gasteiger partial charge on any atom is 0.267 e. The summed E-state index contributed by atoms with van der Waals surface area (Å²) in [6, 6.07) is 15.8. The van der Waals surface area contributed by atoms with Crippen LogP contribution in [0.1, 0.15) is 0 Å². The van der Waals surface area contributed by atoms with Crippen molar-refractivity contribution in [3.63, 3.8) is 0 Å². The number of anilines is 1. The van der Waals surface area contributed by atoms with Gasteiger partial charge in [0.05, 0.1) is 30.1 Å². The van der Waals surface area contributed by atoms with E-state index in [9.17, 15) is 9.59 Å². The molecule has 1 N–H and O–H groups in total. The van der Waals surface area contributed by atoms with E-state index in [4.69, 9.17) is 9.47 Å². The van der Waals surface area contributed by atoms with Gasteiger partial charge in [-0.3, -0.25) is 9.59 Å². The van der Waals surface area contributed by atoms with Crippen LogP contribution in [0.2, 0.25) is 0 Å². The van der Waals surface area contributed by atoms with Gasteiger partial charge in [-0.25, -0.2) is 9.67 Å². The summed E-state index contributed by atoms with van der Waals surface area (Å²) in [4.78, 5) is 29.0. The standard InChI is InChI=1S/C21H18N4O4S/c1-28-14-5-3-13(4-6-14)16-9-10-20(27)25(24-16)12-19(26)23-21-22-17-8-7-15(29-2)11-18(17)30-21/h3-11H,12H2,1-2H3,(H,22,23,26). The molecule has 0 aliphatic carbocycles. The van der Waals surface area contributed by atoms with Crippen molar-refractivity contribution in [3.8, 4) is 22.8 Å². The normalized spacial score (nSPS) is 10.7. The number of methoxy groups -OCH3 is 2. The van der Waals surface area contributed by atoms with Crippen LogP contribution in [0, 0.1) is 0 Å². The Labute approximate surface area is 175 Å². The quantitative estimate of drug-likeness (QED) is 0.513. The first-order valence-electron chi connectivity index (χ1n) is 9.03. The summed E-state index contributed by atoms with van der Waals surface area (Å²) in [6.45, 7) is -0.220. The molecule has 30 heavy (non-hydrogen) atoms. The second-order valence-corrected chi connectivity index (χ2v) is 7.37. The van der Waals surface area contributed by atoms with Crippen LogP contribution in [0.4, 0.5) is 5.13 Å². The maximum absolute atomic E-state index is 12.5. The molecule has 2 aromatic heterocycles. The fourth-order valence-corrected chi connectivity index (χ4v) is 3.77. The Bertz CT molecular complexity index is 1260. The molecule has 4 aromatic rings. The van der Waals surface area contributed by atoms with Crippen molar-refractivity contribution in [3.05, 3.63) is 65.0 Å². The van der Waals surface area contributed by atoms with Gasteiger partial charge in [0.1, 0.15) is 18.0 Å². The molecule has 0 saturated heterocycles. The highest BCUT2D eigenvalue weighted by Crippen LogP contribution is 2.29. The second kappa shape index (κ2) is 8.34. The number of thiazole rings is 1. The Hall–Kier alpha value is -3.72. The van der Waals surface area contributed by atoms with E-state index in [0.717, 1.165) is 32.0 Å². The molecular weight excluding hydrogens is 404 g/mol. The zero-order valence-electron chi connectivity index (χ0n) is 16.3. The Morgan fingerprint density at radius 2 is 1.77 bits per heavy atom. The first-order valence-corrected chi connectivity index (χ1v) is 9.84. The third-order valence-electron chi connectivity index (χ3n) is 4.39. The number of nitrogens with one attached hydrogen (secondary N) is 1. The van der Waals surface area contributed by atoms with Crippen LogP contribution in [0.25, 0.3) is 21.5 Å². The van der Waals surface area contributed by atoms with Gasteiger partial charge in [-0.05, 0) is 48.5 Å². The number of hydrogen-bond donors (Lipinski definition) is 1. The molecule has 0 spiro atoms. The lowest BCUT2D eigenvalue weighted by Gasteiger charge is -2.07. The van der Waals surface area contributed by atoms with Gasteiger partial charge in [-0.2, -0.15) is 5.10 Å². The number of aromatic nitrogens is 3.